The van der Waals surface area contributed by atoms with Gasteiger partial charge in [0.15, 0.2) is 5.12 Å². The predicted molar refractivity (Wildman–Crippen MR) is 112 cm³/mol. The molecule has 3 atom stereocenters. The lowest BCUT2D eigenvalue weighted by atomic mass is 9.85. The van der Waals surface area contributed by atoms with Crippen LogP contribution in [0.3, 0.4) is 0 Å². The summed E-state index contributed by atoms with van der Waals surface area (Å²) in [7, 11) is 0. The predicted octanol–water partition coefficient (Wildman–Crippen LogP) is 3.45. The SMILES string of the molecule is CC(=O)SCC(C(O)NCC(=O)OCc1ccccc1)C(C)C1=CCCC=C1. The van der Waals surface area contributed by atoms with Gasteiger partial charge in [-0.3, -0.25) is 14.9 Å². The van der Waals surface area contributed by atoms with E-state index in [0.717, 1.165) is 24.0 Å². The molecule has 0 spiro atoms. The molecule has 28 heavy (non-hydrogen) atoms. The molecular formula is C22H29NO4S. The van der Waals surface area contributed by atoms with E-state index in [1.165, 1.54) is 18.7 Å². The molecule has 1 aliphatic rings. The zero-order chi connectivity index (χ0) is 20.4. The van der Waals surface area contributed by atoms with E-state index >= 15 is 0 Å². The summed E-state index contributed by atoms with van der Waals surface area (Å²) in [6.07, 6.45) is 7.48. The zero-order valence-corrected chi connectivity index (χ0v) is 17.3. The van der Waals surface area contributed by atoms with Gasteiger partial charge < -0.3 is 9.84 Å². The molecule has 0 heterocycles. The fraction of sp³-hybridized carbons (Fsp3) is 0.455. The van der Waals surface area contributed by atoms with Gasteiger partial charge in [-0.1, -0.05) is 67.2 Å². The summed E-state index contributed by atoms with van der Waals surface area (Å²) in [6, 6.07) is 9.45. The second kappa shape index (κ2) is 11.8. The van der Waals surface area contributed by atoms with Crippen molar-refractivity contribution in [2.24, 2.45) is 11.8 Å². The van der Waals surface area contributed by atoms with Crippen LogP contribution in [0, 0.1) is 11.8 Å². The van der Waals surface area contributed by atoms with Gasteiger partial charge >= 0.3 is 5.97 Å². The number of aliphatic hydroxyl groups is 1. The lowest BCUT2D eigenvalue weighted by Gasteiger charge is -2.30. The Kier molecular flexibility index (Phi) is 9.47. The van der Waals surface area contributed by atoms with Crippen molar-refractivity contribution in [2.75, 3.05) is 12.3 Å². The summed E-state index contributed by atoms with van der Waals surface area (Å²) in [5, 5.41) is 13.5. The molecule has 152 valence electrons. The Balaban J connectivity index is 1.88. The van der Waals surface area contributed by atoms with Crippen LogP contribution < -0.4 is 5.32 Å². The largest absolute Gasteiger partial charge is 0.460 e. The molecule has 0 radical (unpaired) electrons. The van der Waals surface area contributed by atoms with Crippen molar-refractivity contribution in [2.45, 2.75) is 39.5 Å². The second-order valence-corrected chi connectivity index (χ2v) is 8.11. The summed E-state index contributed by atoms with van der Waals surface area (Å²) in [6.45, 7) is 3.68. The first kappa shape index (κ1) is 22.4. The van der Waals surface area contributed by atoms with Crippen LogP contribution >= 0.6 is 11.8 Å². The molecule has 0 fully saturated rings. The van der Waals surface area contributed by atoms with Crippen molar-refractivity contribution in [1.29, 1.82) is 0 Å². The molecule has 3 unspecified atom stereocenters. The van der Waals surface area contributed by atoms with Crippen LogP contribution in [0.25, 0.3) is 0 Å². The van der Waals surface area contributed by atoms with E-state index in [1.807, 2.05) is 37.3 Å². The van der Waals surface area contributed by atoms with E-state index in [1.54, 1.807) is 0 Å². The molecule has 0 aromatic heterocycles. The normalized spacial score (nSPS) is 16.8. The number of thioether (sulfide) groups is 1. The molecule has 6 heteroatoms. The number of hydrogen-bond acceptors (Lipinski definition) is 6. The Labute approximate surface area is 171 Å². The molecule has 0 saturated carbocycles. The highest BCUT2D eigenvalue weighted by Gasteiger charge is 2.28. The number of aliphatic hydroxyl groups excluding tert-OH is 1. The number of esters is 1. The van der Waals surface area contributed by atoms with Crippen LogP contribution in [-0.4, -0.2) is 34.7 Å². The fourth-order valence-corrected chi connectivity index (χ4v) is 3.97. The fourth-order valence-electron chi connectivity index (χ4n) is 3.07. The number of nitrogens with one attached hydrogen (secondary N) is 1. The Morgan fingerprint density at radius 1 is 1.25 bits per heavy atom. The maximum absolute atomic E-state index is 12.0. The number of benzene rings is 1. The molecule has 1 aromatic carbocycles. The van der Waals surface area contributed by atoms with E-state index in [4.69, 9.17) is 4.74 Å². The minimum atomic E-state index is -0.914. The number of allylic oxidation sites excluding steroid dienone is 4. The van der Waals surface area contributed by atoms with Gasteiger partial charge in [0.2, 0.25) is 0 Å². The van der Waals surface area contributed by atoms with Gasteiger partial charge in [0.1, 0.15) is 12.8 Å². The third kappa shape index (κ3) is 7.62. The first-order valence-corrected chi connectivity index (χ1v) is 10.6. The molecule has 0 saturated heterocycles. The Hall–Kier alpha value is -1.89. The summed E-state index contributed by atoms with van der Waals surface area (Å²) < 4.78 is 5.24. The second-order valence-electron chi connectivity index (χ2n) is 6.91. The number of ether oxygens (including phenoxy) is 1. The van der Waals surface area contributed by atoms with Crippen molar-refractivity contribution < 1.29 is 19.4 Å². The van der Waals surface area contributed by atoms with E-state index < -0.39 is 12.2 Å². The van der Waals surface area contributed by atoms with E-state index in [9.17, 15) is 14.7 Å². The molecule has 1 aliphatic carbocycles. The molecule has 2 rings (SSSR count). The molecule has 2 N–H and O–H groups in total. The van der Waals surface area contributed by atoms with Gasteiger partial charge in [-0.15, -0.1) is 0 Å². The van der Waals surface area contributed by atoms with Crippen molar-refractivity contribution in [3.05, 3.63) is 59.7 Å². The van der Waals surface area contributed by atoms with Crippen LogP contribution in [0.15, 0.2) is 54.1 Å². The Morgan fingerprint density at radius 2 is 2.00 bits per heavy atom. The van der Waals surface area contributed by atoms with Crippen LogP contribution in [0.4, 0.5) is 0 Å². The third-order valence-corrected chi connectivity index (χ3v) is 5.73. The third-order valence-electron chi connectivity index (χ3n) is 4.77. The summed E-state index contributed by atoms with van der Waals surface area (Å²) in [5.74, 6) is -0.0871. The monoisotopic (exact) mass is 403 g/mol. The highest BCUT2D eigenvalue weighted by Crippen LogP contribution is 2.29. The number of carbonyl (C=O) groups is 2. The topological polar surface area (TPSA) is 75.6 Å². The van der Waals surface area contributed by atoms with Crippen LogP contribution in [-0.2, 0) is 20.9 Å². The standard InChI is InChI=1S/C22H29NO4S/c1-16(19-11-7-4-8-12-19)20(15-28-17(2)24)22(26)23-13-21(25)27-14-18-9-5-3-6-10-18/h3,5-7,9-12,16,20,22-23,26H,4,8,13-15H2,1-2H3. The number of rotatable bonds is 10. The minimum Gasteiger partial charge on any atom is -0.460 e. The van der Waals surface area contributed by atoms with Crippen LogP contribution in [0.5, 0.6) is 0 Å². The first-order chi connectivity index (χ1) is 13.5. The zero-order valence-electron chi connectivity index (χ0n) is 16.5. The lowest BCUT2D eigenvalue weighted by Crippen LogP contribution is -2.43. The lowest BCUT2D eigenvalue weighted by molar-refractivity contribution is -0.144. The van der Waals surface area contributed by atoms with Crippen LogP contribution in [0.1, 0.15) is 32.3 Å². The average molecular weight is 404 g/mol. The summed E-state index contributed by atoms with van der Waals surface area (Å²) >= 11 is 1.20. The first-order valence-electron chi connectivity index (χ1n) is 9.58. The molecule has 5 nitrogen and oxygen atoms in total. The molecule has 0 aliphatic heterocycles. The highest BCUT2D eigenvalue weighted by molar-refractivity contribution is 8.13. The molecular weight excluding hydrogens is 374 g/mol. The van der Waals surface area contributed by atoms with Crippen molar-refractivity contribution in [3.63, 3.8) is 0 Å². The van der Waals surface area contributed by atoms with Gasteiger partial charge in [-0.05, 0) is 29.9 Å². The van der Waals surface area contributed by atoms with Gasteiger partial charge in [0.25, 0.3) is 0 Å². The van der Waals surface area contributed by atoms with Crippen molar-refractivity contribution >= 4 is 22.8 Å². The quantitative estimate of drug-likeness (QED) is 0.460. The van der Waals surface area contributed by atoms with Gasteiger partial charge in [0.05, 0.1) is 6.54 Å². The van der Waals surface area contributed by atoms with E-state index in [2.05, 4.69) is 23.5 Å². The van der Waals surface area contributed by atoms with Crippen LogP contribution in [0.2, 0.25) is 0 Å². The van der Waals surface area contributed by atoms with Gasteiger partial charge in [-0.2, -0.15) is 0 Å². The maximum atomic E-state index is 12.0. The molecule has 0 bridgehead atoms. The molecule has 0 amide bonds. The smallest absolute Gasteiger partial charge is 0.320 e. The number of hydrogen-bond donors (Lipinski definition) is 2. The minimum absolute atomic E-state index is 0.0137. The summed E-state index contributed by atoms with van der Waals surface area (Å²) in [4.78, 5) is 23.4. The molecule has 1 aromatic rings. The number of carbonyl (C=O) groups excluding carboxylic acids is 2. The maximum Gasteiger partial charge on any atom is 0.320 e. The summed E-state index contributed by atoms with van der Waals surface area (Å²) in [5.41, 5.74) is 2.07. The van der Waals surface area contributed by atoms with Gasteiger partial charge in [-0.25, -0.2) is 0 Å². The Morgan fingerprint density at radius 3 is 2.64 bits per heavy atom. The van der Waals surface area contributed by atoms with E-state index in [-0.39, 0.29) is 30.1 Å². The van der Waals surface area contributed by atoms with Crippen molar-refractivity contribution in [1.82, 2.24) is 5.32 Å². The highest BCUT2D eigenvalue weighted by atomic mass is 32.2. The van der Waals surface area contributed by atoms with E-state index in [0.29, 0.717) is 5.75 Å². The van der Waals surface area contributed by atoms with Gasteiger partial charge in [0, 0.05) is 18.6 Å². The Bertz CT molecular complexity index is 702. The average Bonchev–Trinajstić information content (AvgIpc) is 2.71. The van der Waals surface area contributed by atoms with Crippen molar-refractivity contribution in [3.8, 4) is 0 Å².